The summed E-state index contributed by atoms with van der Waals surface area (Å²) in [7, 11) is 1.55. The van der Waals surface area contributed by atoms with Gasteiger partial charge in [-0.05, 0) is 24.2 Å². The summed E-state index contributed by atoms with van der Waals surface area (Å²) >= 11 is 0. The lowest BCUT2D eigenvalue weighted by molar-refractivity contribution is -0.0253. The Labute approximate surface area is 120 Å². The van der Waals surface area contributed by atoms with E-state index < -0.39 is 0 Å². The largest absolute Gasteiger partial charge is 0.504 e. The molecule has 1 aliphatic rings. The average Bonchev–Trinajstić information content (AvgIpc) is 2.48. The van der Waals surface area contributed by atoms with Crippen molar-refractivity contribution in [1.82, 2.24) is 10.2 Å². The van der Waals surface area contributed by atoms with E-state index in [1.54, 1.807) is 19.2 Å². The number of phenols is 1. The monoisotopic (exact) mass is 280 g/mol. The van der Waals surface area contributed by atoms with E-state index >= 15 is 0 Å². The van der Waals surface area contributed by atoms with Gasteiger partial charge in [0.15, 0.2) is 11.5 Å². The van der Waals surface area contributed by atoms with Crippen LogP contribution >= 0.6 is 0 Å². The third-order valence-corrected chi connectivity index (χ3v) is 3.61. The number of nitrogens with zero attached hydrogens (tertiary/aromatic N) is 1. The molecule has 0 saturated carbocycles. The Hall–Kier alpha value is -1.30. The van der Waals surface area contributed by atoms with Crippen molar-refractivity contribution in [2.45, 2.75) is 19.6 Å². The molecule has 20 heavy (non-hydrogen) atoms. The molecule has 1 unspecified atom stereocenters. The van der Waals surface area contributed by atoms with Gasteiger partial charge in [0, 0.05) is 26.2 Å². The number of likely N-dealkylation sites (N-methyl/N-ethyl adjacent to an activating group) is 1. The van der Waals surface area contributed by atoms with Crippen LogP contribution in [0.2, 0.25) is 0 Å². The molecule has 1 aromatic rings. The van der Waals surface area contributed by atoms with Gasteiger partial charge in [-0.1, -0.05) is 13.0 Å². The lowest BCUT2D eigenvalue weighted by atomic mass is 10.2. The molecule has 0 aliphatic carbocycles. The van der Waals surface area contributed by atoms with Crippen molar-refractivity contribution in [3.8, 4) is 11.5 Å². The summed E-state index contributed by atoms with van der Waals surface area (Å²) in [6, 6.07) is 5.46. The number of methoxy groups -OCH3 is 1. The van der Waals surface area contributed by atoms with E-state index in [2.05, 4.69) is 17.1 Å². The number of hydrogen-bond acceptors (Lipinski definition) is 5. The number of hydrogen-bond donors (Lipinski definition) is 2. The van der Waals surface area contributed by atoms with E-state index in [9.17, 15) is 5.11 Å². The predicted molar refractivity (Wildman–Crippen MR) is 78.2 cm³/mol. The molecule has 5 heteroatoms. The van der Waals surface area contributed by atoms with Gasteiger partial charge in [0.25, 0.3) is 0 Å². The Kier molecular flexibility index (Phi) is 5.64. The zero-order valence-electron chi connectivity index (χ0n) is 12.3. The number of morpholine rings is 1. The first-order valence-corrected chi connectivity index (χ1v) is 7.13. The number of phenolic OH excluding ortho intramolecular Hbond substituents is 1. The Bertz CT molecular complexity index is 426. The average molecular weight is 280 g/mol. The second-order valence-corrected chi connectivity index (χ2v) is 5.02. The first kappa shape index (κ1) is 15.1. The second-order valence-electron chi connectivity index (χ2n) is 5.02. The third-order valence-electron chi connectivity index (χ3n) is 3.61. The maximum Gasteiger partial charge on any atom is 0.160 e. The summed E-state index contributed by atoms with van der Waals surface area (Å²) in [5.74, 6) is 0.681. The van der Waals surface area contributed by atoms with Crippen LogP contribution < -0.4 is 10.1 Å². The van der Waals surface area contributed by atoms with Gasteiger partial charge in [-0.3, -0.25) is 4.90 Å². The van der Waals surface area contributed by atoms with Crippen molar-refractivity contribution in [2.75, 3.05) is 39.9 Å². The van der Waals surface area contributed by atoms with E-state index in [-0.39, 0.29) is 11.9 Å². The molecule has 1 atom stereocenters. The highest BCUT2D eigenvalue weighted by atomic mass is 16.5. The van der Waals surface area contributed by atoms with E-state index in [0.29, 0.717) is 12.3 Å². The fourth-order valence-electron chi connectivity index (χ4n) is 2.41. The molecule has 0 bridgehead atoms. The fraction of sp³-hybridized carbons (Fsp3) is 0.600. The number of rotatable bonds is 6. The summed E-state index contributed by atoms with van der Waals surface area (Å²) in [4.78, 5) is 2.40. The number of nitrogens with one attached hydrogen (secondary N) is 1. The highest BCUT2D eigenvalue weighted by Crippen LogP contribution is 2.26. The number of ether oxygens (including phenoxy) is 2. The van der Waals surface area contributed by atoms with Crippen LogP contribution in [0.25, 0.3) is 0 Å². The van der Waals surface area contributed by atoms with Crippen LogP contribution in [0.15, 0.2) is 18.2 Å². The van der Waals surface area contributed by atoms with Gasteiger partial charge in [0.2, 0.25) is 0 Å². The molecular formula is C15H24N2O3. The molecule has 0 aromatic heterocycles. The van der Waals surface area contributed by atoms with Crippen molar-refractivity contribution in [3.05, 3.63) is 23.8 Å². The standard InChI is InChI=1S/C15H24N2O3/c1-3-17-6-7-20-13(11-17)10-16-9-12-4-5-15(19-2)14(18)8-12/h4-5,8,13,16,18H,3,6-7,9-11H2,1-2H3. The number of benzene rings is 1. The number of aromatic hydroxyl groups is 1. The maximum absolute atomic E-state index is 9.72. The lowest BCUT2D eigenvalue weighted by Gasteiger charge is -2.32. The second kappa shape index (κ2) is 7.47. The lowest BCUT2D eigenvalue weighted by Crippen LogP contribution is -2.46. The van der Waals surface area contributed by atoms with Crippen LogP contribution in [0.1, 0.15) is 12.5 Å². The van der Waals surface area contributed by atoms with Crippen molar-refractivity contribution in [2.24, 2.45) is 0 Å². The fourth-order valence-corrected chi connectivity index (χ4v) is 2.41. The predicted octanol–water partition coefficient (Wildman–Crippen LogP) is 1.21. The Balaban J connectivity index is 1.76. The van der Waals surface area contributed by atoms with Crippen molar-refractivity contribution in [3.63, 3.8) is 0 Å². The Morgan fingerprint density at radius 2 is 2.35 bits per heavy atom. The quantitative estimate of drug-likeness (QED) is 0.820. The topological polar surface area (TPSA) is 54.0 Å². The summed E-state index contributed by atoms with van der Waals surface area (Å²) in [6.07, 6.45) is 0.246. The van der Waals surface area contributed by atoms with Gasteiger partial charge >= 0.3 is 0 Å². The molecule has 0 spiro atoms. The molecule has 0 radical (unpaired) electrons. The van der Waals surface area contributed by atoms with Gasteiger partial charge < -0.3 is 19.9 Å². The highest BCUT2D eigenvalue weighted by Gasteiger charge is 2.18. The van der Waals surface area contributed by atoms with Gasteiger partial charge in [-0.25, -0.2) is 0 Å². The van der Waals surface area contributed by atoms with Gasteiger partial charge in [0.05, 0.1) is 19.8 Å². The molecule has 0 amide bonds. The van der Waals surface area contributed by atoms with Crippen LogP contribution in [0.5, 0.6) is 11.5 Å². The smallest absolute Gasteiger partial charge is 0.160 e. The van der Waals surface area contributed by atoms with E-state index in [1.807, 2.05) is 6.07 Å². The maximum atomic E-state index is 9.72. The molecule has 2 rings (SSSR count). The van der Waals surface area contributed by atoms with Crippen LogP contribution in [-0.2, 0) is 11.3 Å². The molecule has 1 fully saturated rings. The first-order chi connectivity index (χ1) is 9.72. The highest BCUT2D eigenvalue weighted by molar-refractivity contribution is 5.41. The molecular weight excluding hydrogens is 256 g/mol. The summed E-state index contributed by atoms with van der Waals surface area (Å²) in [5.41, 5.74) is 1.03. The molecule has 1 aliphatic heterocycles. The van der Waals surface area contributed by atoms with Gasteiger partial charge in [0.1, 0.15) is 0 Å². The van der Waals surface area contributed by atoms with E-state index in [4.69, 9.17) is 9.47 Å². The molecule has 1 aromatic carbocycles. The van der Waals surface area contributed by atoms with Crippen LogP contribution in [0.4, 0.5) is 0 Å². The summed E-state index contributed by atoms with van der Waals surface area (Å²) in [5, 5.41) is 13.1. The van der Waals surface area contributed by atoms with Crippen LogP contribution in [-0.4, -0.2) is 56.0 Å². The van der Waals surface area contributed by atoms with Crippen molar-refractivity contribution in [1.29, 1.82) is 0 Å². The zero-order chi connectivity index (χ0) is 14.4. The molecule has 1 heterocycles. The summed E-state index contributed by atoms with van der Waals surface area (Å²) < 4.78 is 10.8. The van der Waals surface area contributed by atoms with Gasteiger partial charge in [-0.15, -0.1) is 0 Å². The molecule has 112 valence electrons. The van der Waals surface area contributed by atoms with E-state index in [0.717, 1.165) is 38.3 Å². The molecule has 1 saturated heterocycles. The minimum atomic E-state index is 0.179. The minimum absolute atomic E-state index is 0.179. The van der Waals surface area contributed by atoms with Crippen LogP contribution in [0.3, 0.4) is 0 Å². The normalized spacial score (nSPS) is 20.0. The third kappa shape index (κ3) is 4.10. The van der Waals surface area contributed by atoms with Gasteiger partial charge in [-0.2, -0.15) is 0 Å². The van der Waals surface area contributed by atoms with Crippen molar-refractivity contribution >= 4 is 0 Å². The first-order valence-electron chi connectivity index (χ1n) is 7.13. The van der Waals surface area contributed by atoms with Crippen molar-refractivity contribution < 1.29 is 14.6 Å². The van der Waals surface area contributed by atoms with E-state index in [1.165, 1.54) is 0 Å². The minimum Gasteiger partial charge on any atom is -0.504 e. The SMILES string of the molecule is CCN1CCOC(CNCc2ccc(OC)c(O)c2)C1. The Morgan fingerprint density at radius 3 is 3.05 bits per heavy atom. The molecule has 2 N–H and O–H groups in total. The summed E-state index contributed by atoms with van der Waals surface area (Å²) in [6.45, 7) is 7.61. The molecule has 5 nitrogen and oxygen atoms in total. The zero-order valence-corrected chi connectivity index (χ0v) is 12.3. The van der Waals surface area contributed by atoms with Crippen LogP contribution in [0, 0.1) is 0 Å². The Morgan fingerprint density at radius 1 is 1.50 bits per heavy atom.